The van der Waals surface area contributed by atoms with Crippen LogP contribution in [0.25, 0.3) is 0 Å². The molecule has 0 amide bonds. The highest BCUT2D eigenvalue weighted by atomic mass is 32.2. The fourth-order valence-corrected chi connectivity index (χ4v) is 3.40. The zero-order valence-corrected chi connectivity index (χ0v) is 11.6. The van der Waals surface area contributed by atoms with Gasteiger partial charge in [0.2, 0.25) is 10.0 Å². The first-order valence-corrected chi connectivity index (χ1v) is 7.65. The second-order valence-electron chi connectivity index (χ2n) is 5.54. The summed E-state index contributed by atoms with van der Waals surface area (Å²) in [5, 5.41) is 0. The fourth-order valence-electron chi connectivity index (χ4n) is 2.05. The molecule has 1 fully saturated rings. The highest BCUT2D eigenvalue weighted by Crippen LogP contribution is 2.20. The van der Waals surface area contributed by atoms with Crippen LogP contribution in [0.5, 0.6) is 0 Å². The molecule has 16 heavy (non-hydrogen) atoms. The second kappa shape index (κ2) is 5.02. The number of nitrogens with one attached hydrogen (secondary N) is 1. The third-order valence-electron chi connectivity index (χ3n) is 2.96. The van der Waals surface area contributed by atoms with Crippen LogP contribution in [0.1, 0.15) is 40.5 Å². The summed E-state index contributed by atoms with van der Waals surface area (Å²) in [5.41, 5.74) is 0.130. The molecule has 1 N–H and O–H groups in total. The number of hydrogen-bond donors (Lipinski definition) is 1. The van der Waals surface area contributed by atoms with Gasteiger partial charge in [-0.05, 0) is 33.6 Å². The van der Waals surface area contributed by atoms with Gasteiger partial charge in [0.15, 0.2) is 0 Å². The molecule has 96 valence electrons. The summed E-state index contributed by atoms with van der Waals surface area (Å²) in [6, 6.07) is 0.0933. The van der Waals surface area contributed by atoms with Gasteiger partial charge in [-0.1, -0.05) is 6.92 Å². The molecule has 0 aromatic rings. The van der Waals surface area contributed by atoms with Gasteiger partial charge < -0.3 is 0 Å². The van der Waals surface area contributed by atoms with Crippen molar-refractivity contribution in [2.24, 2.45) is 0 Å². The molecule has 1 saturated heterocycles. The minimum absolute atomic E-state index is 0.0933. The molecule has 1 rings (SSSR count). The molecule has 0 radical (unpaired) electrons. The van der Waals surface area contributed by atoms with E-state index in [1.807, 2.05) is 6.92 Å². The Morgan fingerprint density at radius 1 is 1.38 bits per heavy atom. The van der Waals surface area contributed by atoms with Crippen LogP contribution in [-0.4, -0.2) is 43.7 Å². The summed E-state index contributed by atoms with van der Waals surface area (Å²) in [4.78, 5) is 2.33. The average molecular weight is 248 g/mol. The molecule has 0 aliphatic carbocycles. The van der Waals surface area contributed by atoms with E-state index in [1.165, 1.54) is 0 Å². The lowest BCUT2D eigenvalue weighted by Crippen LogP contribution is -2.43. The molecule has 0 aromatic heterocycles. The third-order valence-corrected chi connectivity index (χ3v) is 4.59. The summed E-state index contributed by atoms with van der Waals surface area (Å²) >= 11 is 0. The van der Waals surface area contributed by atoms with E-state index in [1.54, 1.807) is 0 Å². The third kappa shape index (κ3) is 4.03. The largest absolute Gasteiger partial charge is 0.297 e. The zero-order chi connectivity index (χ0) is 12.4. The minimum Gasteiger partial charge on any atom is -0.297 e. The van der Waals surface area contributed by atoms with Crippen molar-refractivity contribution in [2.45, 2.75) is 52.1 Å². The highest BCUT2D eigenvalue weighted by molar-refractivity contribution is 7.89. The summed E-state index contributed by atoms with van der Waals surface area (Å²) in [5.74, 6) is 0.235. The van der Waals surface area contributed by atoms with Gasteiger partial charge in [0.05, 0.1) is 5.75 Å². The quantitative estimate of drug-likeness (QED) is 0.813. The number of likely N-dealkylation sites (tertiary alicyclic amines) is 1. The van der Waals surface area contributed by atoms with E-state index >= 15 is 0 Å². The normalized spacial score (nSPS) is 23.9. The van der Waals surface area contributed by atoms with Gasteiger partial charge in [-0.25, -0.2) is 13.1 Å². The van der Waals surface area contributed by atoms with Gasteiger partial charge in [-0.2, -0.15) is 0 Å². The van der Waals surface area contributed by atoms with Crippen LogP contribution in [0.4, 0.5) is 0 Å². The predicted molar refractivity (Wildman–Crippen MR) is 66.9 cm³/mol. The van der Waals surface area contributed by atoms with Crippen LogP contribution in [0.2, 0.25) is 0 Å². The molecule has 4 nitrogen and oxygen atoms in total. The van der Waals surface area contributed by atoms with Crippen molar-refractivity contribution in [1.82, 2.24) is 9.62 Å². The van der Waals surface area contributed by atoms with E-state index in [9.17, 15) is 8.42 Å². The Bertz CT molecular complexity index is 319. The Labute approximate surface area is 99.5 Å². The zero-order valence-electron chi connectivity index (χ0n) is 10.8. The monoisotopic (exact) mass is 248 g/mol. The first kappa shape index (κ1) is 13.9. The Balaban J connectivity index is 2.49. The van der Waals surface area contributed by atoms with Crippen LogP contribution in [-0.2, 0) is 10.0 Å². The van der Waals surface area contributed by atoms with Crippen LogP contribution < -0.4 is 4.72 Å². The maximum Gasteiger partial charge on any atom is 0.211 e. The Morgan fingerprint density at radius 3 is 2.44 bits per heavy atom. The molecule has 0 bridgehead atoms. The van der Waals surface area contributed by atoms with Crippen LogP contribution in [0, 0.1) is 0 Å². The lowest BCUT2D eigenvalue weighted by atomic mass is 10.1. The molecule has 0 saturated carbocycles. The van der Waals surface area contributed by atoms with Crippen LogP contribution in [0.3, 0.4) is 0 Å². The first-order valence-electron chi connectivity index (χ1n) is 5.99. The van der Waals surface area contributed by atoms with Crippen molar-refractivity contribution in [2.75, 3.05) is 18.8 Å². The van der Waals surface area contributed by atoms with Gasteiger partial charge in [0.1, 0.15) is 0 Å². The molecular formula is C11H24N2O2S. The lowest BCUT2D eigenvalue weighted by Gasteiger charge is -2.31. The maximum absolute atomic E-state index is 11.6. The predicted octanol–water partition coefficient (Wildman–Crippen LogP) is 1.19. The Kier molecular flexibility index (Phi) is 4.37. The molecular weight excluding hydrogens is 224 g/mol. The number of nitrogens with zero attached hydrogens (tertiary/aromatic N) is 1. The smallest absolute Gasteiger partial charge is 0.211 e. The summed E-state index contributed by atoms with van der Waals surface area (Å²) in [7, 11) is -3.06. The van der Waals surface area contributed by atoms with Crippen LogP contribution >= 0.6 is 0 Å². The Hall–Kier alpha value is -0.130. The van der Waals surface area contributed by atoms with Crippen molar-refractivity contribution in [3.63, 3.8) is 0 Å². The summed E-state index contributed by atoms with van der Waals surface area (Å²) in [6.45, 7) is 10.2. The van der Waals surface area contributed by atoms with E-state index in [-0.39, 0.29) is 17.3 Å². The van der Waals surface area contributed by atoms with Gasteiger partial charge >= 0.3 is 0 Å². The van der Waals surface area contributed by atoms with E-state index in [0.717, 1.165) is 19.5 Å². The van der Waals surface area contributed by atoms with Crippen LogP contribution in [0.15, 0.2) is 0 Å². The van der Waals surface area contributed by atoms with Crippen molar-refractivity contribution >= 4 is 10.0 Å². The van der Waals surface area contributed by atoms with Crippen molar-refractivity contribution in [3.05, 3.63) is 0 Å². The second-order valence-corrected chi connectivity index (χ2v) is 7.41. The maximum atomic E-state index is 11.6. The molecule has 0 spiro atoms. The SMILES string of the molecule is CCCS(=O)(=O)N[C@@H]1CCN(C(C)(C)C)C1. The fraction of sp³-hybridized carbons (Fsp3) is 1.00. The lowest BCUT2D eigenvalue weighted by molar-refractivity contribution is 0.172. The van der Waals surface area contributed by atoms with E-state index in [4.69, 9.17) is 0 Å². The van der Waals surface area contributed by atoms with Crippen molar-refractivity contribution in [1.29, 1.82) is 0 Å². The molecule has 1 atom stereocenters. The van der Waals surface area contributed by atoms with Crippen molar-refractivity contribution < 1.29 is 8.42 Å². The minimum atomic E-state index is -3.06. The van der Waals surface area contributed by atoms with Gasteiger partial charge in [0.25, 0.3) is 0 Å². The van der Waals surface area contributed by atoms with Gasteiger partial charge in [-0.15, -0.1) is 0 Å². The van der Waals surface area contributed by atoms with E-state index < -0.39 is 10.0 Å². The van der Waals surface area contributed by atoms with Gasteiger partial charge in [-0.3, -0.25) is 4.90 Å². The van der Waals surface area contributed by atoms with E-state index in [2.05, 4.69) is 30.4 Å². The number of sulfonamides is 1. The average Bonchev–Trinajstić information content (AvgIpc) is 2.50. The molecule has 0 aromatic carbocycles. The molecule has 5 heteroatoms. The standard InChI is InChI=1S/C11H24N2O2S/c1-5-8-16(14,15)12-10-6-7-13(9-10)11(2,3)4/h10,12H,5-9H2,1-4H3/t10-/m1/s1. The summed E-state index contributed by atoms with van der Waals surface area (Å²) < 4.78 is 26.0. The van der Waals surface area contributed by atoms with E-state index in [0.29, 0.717) is 6.42 Å². The van der Waals surface area contributed by atoms with Crippen molar-refractivity contribution in [3.8, 4) is 0 Å². The molecule has 0 unspecified atom stereocenters. The molecule has 1 aliphatic rings. The first-order chi connectivity index (χ1) is 7.24. The highest BCUT2D eigenvalue weighted by Gasteiger charge is 2.31. The topological polar surface area (TPSA) is 49.4 Å². The summed E-state index contributed by atoms with van der Waals surface area (Å²) in [6.07, 6.45) is 1.59. The van der Waals surface area contributed by atoms with Gasteiger partial charge in [0, 0.05) is 24.7 Å². The molecule has 1 aliphatic heterocycles. The Morgan fingerprint density at radius 2 is 2.00 bits per heavy atom. The molecule has 1 heterocycles. The number of rotatable bonds is 4. The number of hydrogen-bond acceptors (Lipinski definition) is 3.